The number of aliphatic hydroxyl groups excluding tert-OH is 1. The van der Waals surface area contributed by atoms with Crippen molar-refractivity contribution in [2.24, 2.45) is 0 Å². The van der Waals surface area contributed by atoms with Gasteiger partial charge in [0.25, 0.3) is 0 Å². The van der Waals surface area contributed by atoms with E-state index in [2.05, 4.69) is 6.07 Å². The molecule has 1 aromatic carbocycles. The van der Waals surface area contributed by atoms with Crippen molar-refractivity contribution in [2.45, 2.75) is 26.0 Å². The topological polar surface area (TPSA) is 56.5 Å². The van der Waals surface area contributed by atoms with Crippen LogP contribution in [0.15, 0.2) is 24.3 Å². The minimum absolute atomic E-state index is 0.0386. The quantitative estimate of drug-likeness (QED) is 0.836. The van der Waals surface area contributed by atoms with Gasteiger partial charge in [-0.15, -0.1) is 0 Å². The first-order valence-electron chi connectivity index (χ1n) is 6.05. The Morgan fingerprint density at radius 2 is 2.17 bits per heavy atom. The van der Waals surface area contributed by atoms with Gasteiger partial charge < -0.3 is 9.84 Å². The van der Waals surface area contributed by atoms with Gasteiger partial charge >= 0.3 is 0 Å². The highest BCUT2D eigenvalue weighted by Crippen LogP contribution is 2.23. The first kappa shape index (κ1) is 14.5. The molecule has 0 amide bonds. The normalized spacial score (nSPS) is 12.5. The number of benzene rings is 1. The van der Waals surface area contributed by atoms with Gasteiger partial charge in [-0.25, -0.2) is 0 Å². The number of aliphatic hydroxyl groups is 1. The minimum Gasteiger partial charge on any atom is -0.491 e. The van der Waals surface area contributed by atoms with E-state index >= 15 is 0 Å². The summed E-state index contributed by atoms with van der Waals surface area (Å²) in [6, 6.07) is 9.41. The molecule has 0 aliphatic carbocycles. The van der Waals surface area contributed by atoms with E-state index in [1.165, 1.54) is 0 Å². The largest absolute Gasteiger partial charge is 0.491 e. The van der Waals surface area contributed by atoms with Gasteiger partial charge in [0.2, 0.25) is 0 Å². The van der Waals surface area contributed by atoms with E-state index in [0.29, 0.717) is 6.54 Å². The van der Waals surface area contributed by atoms with Gasteiger partial charge in [0.1, 0.15) is 11.8 Å². The van der Waals surface area contributed by atoms with Crippen LogP contribution in [-0.4, -0.2) is 36.3 Å². The van der Waals surface area contributed by atoms with Gasteiger partial charge in [-0.3, -0.25) is 4.90 Å². The van der Waals surface area contributed by atoms with Gasteiger partial charge in [0.15, 0.2) is 0 Å². The number of hydrogen-bond acceptors (Lipinski definition) is 4. The fourth-order valence-electron chi connectivity index (χ4n) is 1.74. The number of ether oxygens (including phenoxy) is 1. The molecule has 0 fully saturated rings. The van der Waals surface area contributed by atoms with Gasteiger partial charge in [-0.2, -0.15) is 5.26 Å². The van der Waals surface area contributed by atoms with Gasteiger partial charge in [0, 0.05) is 6.54 Å². The van der Waals surface area contributed by atoms with Crippen molar-refractivity contribution < 1.29 is 9.84 Å². The Hall–Kier alpha value is -1.57. The molecule has 4 nitrogen and oxygen atoms in total. The Bertz CT molecular complexity index is 413. The van der Waals surface area contributed by atoms with Gasteiger partial charge in [-0.05, 0) is 38.6 Å². The average molecular weight is 248 g/mol. The zero-order valence-corrected chi connectivity index (χ0v) is 11.1. The van der Waals surface area contributed by atoms with Crippen LogP contribution in [0.3, 0.4) is 0 Å². The molecule has 0 saturated carbocycles. The Kier molecular flexibility index (Phi) is 5.63. The highest BCUT2D eigenvalue weighted by Gasteiger charge is 2.16. The second-order valence-electron chi connectivity index (χ2n) is 4.47. The summed E-state index contributed by atoms with van der Waals surface area (Å²) in [4.78, 5) is 1.81. The van der Waals surface area contributed by atoms with Crippen molar-refractivity contribution in [1.29, 1.82) is 5.26 Å². The Balaban J connectivity index is 2.90. The highest BCUT2D eigenvalue weighted by molar-refractivity contribution is 5.33. The number of rotatable bonds is 6. The van der Waals surface area contributed by atoms with Crippen molar-refractivity contribution in [3.63, 3.8) is 0 Å². The monoisotopic (exact) mass is 248 g/mol. The number of hydrogen-bond donors (Lipinski definition) is 1. The van der Waals surface area contributed by atoms with E-state index in [9.17, 15) is 5.26 Å². The molecule has 4 heteroatoms. The summed E-state index contributed by atoms with van der Waals surface area (Å²) in [5.41, 5.74) is 0.881. The molecule has 0 aliphatic heterocycles. The predicted octanol–water partition coefficient (Wildman–Crippen LogP) is 1.96. The summed E-state index contributed by atoms with van der Waals surface area (Å²) >= 11 is 0. The summed E-state index contributed by atoms with van der Waals surface area (Å²) < 4.78 is 5.61. The molecule has 1 atom stereocenters. The molecular weight excluding hydrogens is 228 g/mol. The number of nitrogens with zero attached hydrogens (tertiary/aromatic N) is 2. The van der Waals surface area contributed by atoms with Crippen molar-refractivity contribution >= 4 is 0 Å². The Morgan fingerprint density at radius 1 is 1.44 bits per heavy atom. The molecule has 0 saturated heterocycles. The minimum atomic E-state index is -0.368. The van der Waals surface area contributed by atoms with Gasteiger partial charge in [0.05, 0.1) is 18.8 Å². The van der Waals surface area contributed by atoms with Crippen molar-refractivity contribution in [2.75, 3.05) is 20.2 Å². The van der Waals surface area contributed by atoms with E-state index in [1.54, 1.807) is 0 Å². The standard InChI is InChI=1S/C14H20N2O2/c1-11(2)18-13-6-4-5-12(9-13)14(10-15)16(3)7-8-17/h4-6,9,11,14,17H,7-8H2,1-3H3. The Morgan fingerprint density at radius 3 is 2.72 bits per heavy atom. The third-order valence-corrected chi connectivity index (χ3v) is 2.56. The summed E-state index contributed by atoms with van der Waals surface area (Å²) in [6.45, 7) is 4.43. The Labute approximate surface area is 108 Å². The number of nitriles is 1. The second-order valence-corrected chi connectivity index (χ2v) is 4.47. The number of likely N-dealkylation sites (N-methyl/N-ethyl adjacent to an activating group) is 1. The molecule has 0 spiro atoms. The first-order valence-corrected chi connectivity index (χ1v) is 6.05. The molecule has 0 radical (unpaired) electrons. The molecule has 0 aromatic heterocycles. The highest BCUT2D eigenvalue weighted by atomic mass is 16.5. The fourth-order valence-corrected chi connectivity index (χ4v) is 1.74. The summed E-state index contributed by atoms with van der Waals surface area (Å²) in [5.74, 6) is 0.764. The maximum atomic E-state index is 9.24. The summed E-state index contributed by atoms with van der Waals surface area (Å²) in [6.07, 6.45) is 0.107. The van der Waals surface area contributed by atoms with Crippen LogP contribution >= 0.6 is 0 Å². The van der Waals surface area contributed by atoms with Crippen LogP contribution in [0, 0.1) is 11.3 Å². The van der Waals surface area contributed by atoms with E-state index in [1.807, 2.05) is 50.1 Å². The molecule has 1 rings (SSSR count). The lowest BCUT2D eigenvalue weighted by Crippen LogP contribution is -2.26. The van der Waals surface area contributed by atoms with Crippen molar-refractivity contribution in [1.82, 2.24) is 4.90 Å². The van der Waals surface area contributed by atoms with E-state index in [4.69, 9.17) is 9.84 Å². The molecule has 1 aromatic rings. The lowest BCUT2D eigenvalue weighted by atomic mass is 10.1. The van der Waals surface area contributed by atoms with E-state index in [-0.39, 0.29) is 18.8 Å². The summed E-state index contributed by atoms with van der Waals surface area (Å²) in [5, 5.41) is 18.2. The lowest BCUT2D eigenvalue weighted by molar-refractivity contribution is 0.202. The van der Waals surface area contributed by atoms with Crippen molar-refractivity contribution in [3.8, 4) is 11.8 Å². The van der Waals surface area contributed by atoms with E-state index < -0.39 is 0 Å². The molecule has 0 aliphatic rings. The lowest BCUT2D eigenvalue weighted by Gasteiger charge is -2.22. The van der Waals surface area contributed by atoms with Crippen LogP contribution in [0.2, 0.25) is 0 Å². The maximum Gasteiger partial charge on any atom is 0.123 e. The SMILES string of the molecule is CC(C)Oc1cccc(C(C#N)N(C)CCO)c1. The van der Waals surface area contributed by atoms with Crippen LogP contribution in [0.5, 0.6) is 5.75 Å². The zero-order chi connectivity index (χ0) is 13.5. The third-order valence-electron chi connectivity index (χ3n) is 2.56. The van der Waals surface area contributed by atoms with Crippen molar-refractivity contribution in [3.05, 3.63) is 29.8 Å². The molecule has 0 bridgehead atoms. The molecule has 1 unspecified atom stereocenters. The van der Waals surface area contributed by atoms with E-state index in [0.717, 1.165) is 11.3 Å². The second kappa shape index (κ2) is 7.00. The smallest absolute Gasteiger partial charge is 0.123 e. The molecular formula is C14H20N2O2. The third kappa shape index (κ3) is 4.02. The average Bonchev–Trinajstić information content (AvgIpc) is 2.30. The zero-order valence-electron chi connectivity index (χ0n) is 11.1. The van der Waals surface area contributed by atoms with Crippen LogP contribution in [0.4, 0.5) is 0 Å². The molecule has 18 heavy (non-hydrogen) atoms. The van der Waals surface area contributed by atoms with Crippen LogP contribution in [-0.2, 0) is 0 Å². The van der Waals surface area contributed by atoms with Crippen LogP contribution in [0.1, 0.15) is 25.5 Å². The summed E-state index contributed by atoms with van der Waals surface area (Å²) in [7, 11) is 1.82. The van der Waals surface area contributed by atoms with Crippen LogP contribution in [0.25, 0.3) is 0 Å². The maximum absolute atomic E-state index is 9.24. The molecule has 1 N–H and O–H groups in total. The van der Waals surface area contributed by atoms with Crippen LogP contribution < -0.4 is 4.74 Å². The predicted molar refractivity (Wildman–Crippen MR) is 70.3 cm³/mol. The fraction of sp³-hybridized carbons (Fsp3) is 0.500. The first-order chi connectivity index (χ1) is 8.58. The van der Waals surface area contributed by atoms with Gasteiger partial charge in [-0.1, -0.05) is 12.1 Å². The molecule has 98 valence electrons. The molecule has 0 heterocycles.